The number of H-pyrrole nitrogens is 1. The van der Waals surface area contributed by atoms with E-state index in [0.717, 1.165) is 11.4 Å². The first-order valence-electron chi connectivity index (χ1n) is 5.77. The van der Waals surface area contributed by atoms with Crippen molar-refractivity contribution >= 4 is 0 Å². The number of benzene rings is 1. The summed E-state index contributed by atoms with van der Waals surface area (Å²) < 4.78 is 28.3. The highest BCUT2D eigenvalue weighted by Gasteiger charge is 2.08. The zero-order valence-electron chi connectivity index (χ0n) is 10.3. The number of hydrogen-bond donors (Lipinski definition) is 2. The molecule has 0 saturated heterocycles. The molecule has 0 aliphatic carbocycles. The Morgan fingerprint density at radius 1 is 1.32 bits per heavy atom. The lowest BCUT2D eigenvalue weighted by molar-refractivity contribution is -0.0498. The van der Waals surface area contributed by atoms with Gasteiger partial charge in [-0.05, 0) is 24.6 Å². The van der Waals surface area contributed by atoms with Gasteiger partial charge < -0.3 is 10.1 Å². The van der Waals surface area contributed by atoms with E-state index in [4.69, 9.17) is 0 Å². The van der Waals surface area contributed by atoms with E-state index in [1.807, 2.05) is 6.92 Å². The Morgan fingerprint density at radius 2 is 2.05 bits per heavy atom. The third kappa shape index (κ3) is 3.99. The first-order valence-corrected chi connectivity index (χ1v) is 5.77. The molecule has 0 spiro atoms. The molecule has 0 radical (unpaired) electrons. The van der Waals surface area contributed by atoms with Crippen LogP contribution in [0.4, 0.5) is 8.78 Å². The summed E-state index contributed by atoms with van der Waals surface area (Å²) >= 11 is 0. The molecule has 0 aliphatic rings. The molecule has 2 N–H and O–H groups in total. The minimum atomic E-state index is -2.80. The molecule has 1 aromatic heterocycles. The summed E-state index contributed by atoms with van der Waals surface area (Å²) in [5.41, 5.74) is 0.973. The number of aromatic amines is 1. The van der Waals surface area contributed by atoms with Crippen LogP contribution < -0.4 is 10.1 Å². The maximum atomic E-state index is 12.0. The zero-order valence-corrected chi connectivity index (χ0v) is 10.3. The van der Waals surface area contributed by atoms with Gasteiger partial charge in [-0.25, -0.2) is 4.98 Å². The predicted octanol–water partition coefficient (Wildman–Crippen LogP) is 2.26. The highest BCUT2D eigenvalue weighted by molar-refractivity contribution is 5.28. The number of nitrogens with zero attached hydrogens (tertiary/aromatic N) is 2. The molecular weight excluding hydrogens is 254 g/mol. The summed E-state index contributed by atoms with van der Waals surface area (Å²) in [5.74, 6) is 0.894. The molecule has 0 saturated carbocycles. The van der Waals surface area contributed by atoms with Crippen molar-refractivity contribution in [3.8, 4) is 5.75 Å². The second kappa shape index (κ2) is 6.24. The van der Waals surface area contributed by atoms with Gasteiger partial charge in [-0.3, -0.25) is 5.10 Å². The van der Waals surface area contributed by atoms with Crippen molar-refractivity contribution in [2.75, 3.05) is 0 Å². The molecule has 0 bridgehead atoms. The van der Waals surface area contributed by atoms with Gasteiger partial charge in [-0.2, -0.15) is 13.9 Å². The van der Waals surface area contributed by atoms with Gasteiger partial charge in [0.25, 0.3) is 0 Å². The van der Waals surface area contributed by atoms with Crippen molar-refractivity contribution in [3.05, 3.63) is 42.0 Å². The maximum absolute atomic E-state index is 12.0. The molecule has 0 amide bonds. The second-order valence-corrected chi connectivity index (χ2v) is 3.98. The predicted molar refractivity (Wildman–Crippen MR) is 64.7 cm³/mol. The van der Waals surface area contributed by atoms with Crippen molar-refractivity contribution in [1.82, 2.24) is 20.5 Å². The molecule has 102 valence electrons. The van der Waals surface area contributed by atoms with Crippen LogP contribution in [-0.4, -0.2) is 21.8 Å². The summed E-state index contributed by atoms with van der Waals surface area (Å²) in [6.45, 7) is -0.275. The lowest BCUT2D eigenvalue weighted by atomic mass is 10.1. The first-order chi connectivity index (χ1) is 9.15. The van der Waals surface area contributed by atoms with E-state index in [9.17, 15) is 8.78 Å². The van der Waals surface area contributed by atoms with Gasteiger partial charge in [0.1, 0.15) is 17.9 Å². The summed E-state index contributed by atoms with van der Waals surface area (Å²) in [4.78, 5) is 4.00. The quantitative estimate of drug-likeness (QED) is 0.843. The van der Waals surface area contributed by atoms with Crippen molar-refractivity contribution in [1.29, 1.82) is 0 Å². The number of nitrogens with one attached hydrogen (secondary N) is 2. The Balaban J connectivity index is 1.90. The fourth-order valence-corrected chi connectivity index (χ4v) is 1.62. The number of hydrogen-bond acceptors (Lipinski definition) is 4. The van der Waals surface area contributed by atoms with Crippen LogP contribution in [0.2, 0.25) is 0 Å². The number of aromatic nitrogens is 3. The van der Waals surface area contributed by atoms with Crippen molar-refractivity contribution < 1.29 is 13.5 Å². The fourth-order valence-electron chi connectivity index (χ4n) is 1.62. The normalized spacial score (nSPS) is 12.6. The molecule has 1 atom stereocenters. The number of ether oxygens (including phenoxy) is 1. The van der Waals surface area contributed by atoms with E-state index in [1.165, 1.54) is 18.5 Å². The molecule has 5 nitrogen and oxygen atoms in total. The number of halogens is 2. The summed E-state index contributed by atoms with van der Waals surface area (Å²) in [7, 11) is 0. The maximum Gasteiger partial charge on any atom is 0.387 e. The Morgan fingerprint density at radius 3 is 2.63 bits per heavy atom. The van der Waals surface area contributed by atoms with E-state index in [-0.39, 0.29) is 11.8 Å². The van der Waals surface area contributed by atoms with Crippen LogP contribution in [0.3, 0.4) is 0 Å². The SMILES string of the molecule is CC(NCc1ncn[nH]1)c1ccc(OC(F)F)cc1. The average molecular weight is 268 g/mol. The Bertz CT molecular complexity index is 487. The van der Waals surface area contributed by atoms with Crippen molar-refractivity contribution in [2.24, 2.45) is 0 Å². The van der Waals surface area contributed by atoms with Gasteiger partial charge in [0.15, 0.2) is 0 Å². The smallest absolute Gasteiger partial charge is 0.387 e. The van der Waals surface area contributed by atoms with E-state index < -0.39 is 6.61 Å². The van der Waals surface area contributed by atoms with Crippen LogP contribution in [0.15, 0.2) is 30.6 Å². The largest absolute Gasteiger partial charge is 0.435 e. The Hall–Kier alpha value is -2.02. The van der Waals surface area contributed by atoms with Crippen LogP contribution in [0.5, 0.6) is 5.75 Å². The van der Waals surface area contributed by atoms with Crippen LogP contribution in [0.25, 0.3) is 0 Å². The van der Waals surface area contributed by atoms with Gasteiger partial charge in [0, 0.05) is 6.04 Å². The molecule has 1 heterocycles. The van der Waals surface area contributed by atoms with Gasteiger partial charge >= 0.3 is 6.61 Å². The van der Waals surface area contributed by atoms with Crippen molar-refractivity contribution in [2.45, 2.75) is 26.1 Å². The highest BCUT2D eigenvalue weighted by atomic mass is 19.3. The second-order valence-electron chi connectivity index (χ2n) is 3.98. The summed E-state index contributed by atoms with van der Waals surface area (Å²) in [6, 6.07) is 6.60. The molecule has 1 unspecified atom stereocenters. The van der Waals surface area contributed by atoms with E-state index in [0.29, 0.717) is 6.54 Å². The zero-order chi connectivity index (χ0) is 13.7. The third-order valence-electron chi connectivity index (χ3n) is 2.65. The first kappa shape index (κ1) is 13.4. The standard InChI is InChI=1S/C12H14F2N4O/c1-8(15-6-11-16-7-17-18-11)9-2-4-10(5-3-9)19-12(13)14/h2-5,7-8,12,15H,6H2,1H3,(H,16,17,18). The Kier molecular flexibility index (Phi) is 4.40. The summed E-state index contributed by atoms with van der Waals surface area (Å²) in [5, 5.41) is 9.73. The summed E-state index contributed by atoms with van der Waals surface area (Å²) in [6.07, 6.45) is 1.44. The monoisotopic (exact) mass is 268 g/mol. The van der Waals surface area contributed by atoms with Gasteiger partial charge in [0.05, 0.1) is 6.54 Å². The van der Waals surface area contributed by atoms with Crippen LogP contribution in [0.1, 0.15) is 24.4 Å². The fraction of sp³-hybridized carbons (Fsp3) is 0.333. The molecule has 19 heavy (non-hydrogen) atoms. The number of rotatable bonds is 6. The molecular formula is C12H14F2N4O. The molecule has 1 aromatic carbocycles. The van der Waals surface area contributed by atoms with E-state index >= 15 is 0 Å². The lowest BCUT2D eigenvalue weighted by Crippen LogP contribution is -2.18. The molecule has 0 fully saturated rings. The lowest BCUT2D eigenvalue weighted by Gasteiger charge is -2.13. The van der Waals surface area contributed by atoms with Crippen LogP contribution in [-0.2, 0) is 6.54 Å². The molecule has 0 aliphatic heterocycles. The average Bonchev–Trinajstić information content (AvgIpc) is 2.89. The van der Waals surface area contributed by atoms with E-state index in [1.54, 1.807) is 12.1 Å². The van der Waals surface area contributed by atoms with Gasteiger partial charge in [-0.15, -0.1) is 0 Å². The molecule has 7 heteroatoms. The third-order valence-corrected chi connectivity index (χ3v) is 2.65. The van der Waals surface area contributed by atoms with Crippen LogP contribution >= 0.6 is 0 Å². The minimum absolute atomic E-state index is 0.0608. The minimum Gasteiger partial charge on any atom is -0.435 e. The number of alkyl halides is 2. The van der Waals surface area contributed by atoms with Crippen molar-refractivity contribution in [3.63, 3.8) is 0 Å². The van der Waals surface area contributed by atoms with Gasteiger partial charge in [-0.1, -0.05) is 12.1 Å². The highest BCUT2D eigenvalue weighted by Crippen LogP contribution is 2.19. The Labute approximate surface area is 109 Å². The topological polar surface area (TPSA) is 62.8 Å². The van der Waals surface area contributed by atoms with E-state index in [2.05, 4.69) is 25.2 Å². The molecule has 2 rings (SSSR count). The molecule has 2 aromatic rings. The van der Waals surface area contributed by atoms with Gasteiger partial charge in [0.2, 0.25) is 0 Å². The van der Waals surface area contributed by atoms with Crippen LogP contribution in [0, 0.1) is 0 Å².